The van der Waals surface area contributed by atoms with Gasteiger partial charge in [0.15, 0.2) is 0 Å². The van der Waals surface area contributed by atoms with Crippen LogP contribution in [0.1, 0.15) is 56.6 Å². The Morgan fingerprint density at radius 2 is 1.54 bits per heavy atom. The minimum atomic E-state index is -0.206. The summed E-state index contributed by atoms with van der Waals surface area (Å²) < 4.78 is 5.07. The van der Waals surface area contributed by atoms with Crippen LogP contribution in [0, 0.1) is 17.8 Å². The predicted molar refractivity (Wildman–Crippen MR) is 164 cm³/mol. The number of amides is 2. The maximum atomic E-state index is 14.1. The maximum Gasteiger partial charge on any atom is 0.322 e. The van der Waals surface area contributed by atoms with E-state index < -0.39 is 0 Å². The van der Waals surface area contributed by atoms with Gasteiger partial charge in [-0.05, 0) is 111 Å². The second-order valence-electron chi connectivity index (χ2n) is 12.2. The SMILES string of the molecule is CCOC(=O)Cc1ccc(Sc2cccc(N(CCc3ccccc3)C(=O)NC34CC5CC(CC(C5)C3)C4)c2)cc1. The van der Waals surface area contributed by atoms with E-state index in [9.17, 15) is 9.59 Å². The quantitative estimate of drug-likeness (QED) is 0.255. The number of anilines is 1. The molecule has 0 radical (unpaired) electrons. The van der Waals surface area contributed by atoms with Crippen molar-refractivity contribution >= 4 is 29.4 Å². The zero-order valence-corrected chi connectivity index (χ0v) is 24.7. The van der Waals surface area contributed by atoms with Crippen LogP contribution in [0.2, 0.25) is 0 Å². The molecule has 0 aliphatic heterocycles. The summed E-state index contributed by atoms with van der Waals surface area (Å²) in [5.41, 5.74) is 3.06. The molecule has 4 aliphatic rings. The molecule has 1 N–H and O–H groups in total. The van der Waals surface area contributed by atoms with Gasteiger partial charge in [0.1, 0.15) is 0 Å². The molecule has 41 heavy (non-hydrogen) atoms. The van der Waals surface area contributed by atoms with Gasteiger partial charge in [-0.1, -0.05) is 60.3 Å². The van der Waals surface area contributed by atoms with E-state index in [2.05, 4.69) is 47.8 Å². The van der Waals surface area contributed by atoms with Crippen molar-refractivity contribution in [2.45, 2.75) is 73.6 Å². The van der Waals surface area contributed by atoms with Gasteiger partial charge in [-0.15, -0.1) is 0 Å². The first-order chi connectivity index (χ1) is 20.0. The van der Waals surface area contributed by atoms with Gasteiger partial charge in [0, 0.05) is 27.6 Å². The first-order valence-corrected chi connectivity index (χ1v) is 15.9. The van der Waals surface area contributed by atoms with Gasteiger partial charge in [-0.25, -0.2) is 4.79 Å². The minimum absolute atomic E-state index is 0.0332. The Hall–Kier alpha value is -3.25. The Bertz CT molecular complexity index is 1320. The molecule has 0 aromatic heterocycles. The van der Waals surface area contributed by atoms with Crippen LogP contribution in [0.4, 0.5) is 10.5 Å². The molecule has 0 unspecified atom stereocenters. The van der Waals surface area contributed by atoms with Crippen molar-refractivity contribution in [2.75, 3.05) is 18.1 Å². The van der Waals surface area contributed by atoms with Crippen LogP contribution in [0.25, 0.3) is 0 Å². The van der Waals surface area contributed by atoms with E-state index in [1.165, 1.54) is 24.8 Å². The number of esters is 1. The second-order valence-corrected chi connectivity index (χ2v) is 13.4. The normalized spacial score (nSPS) is 24.2. The van der Waals surface area contributed by atoms with Crippen molar-refractivity contribution in [3.63, 3.8) is 0 Å². The second kappa shape index (κ2) is 12.3. The largest absolute Gasteiger partial charge is 0.466 e. The fourth-order valence-electron chi connectivity index (χ4n) is 7.70. The molecular weight excluding hydrogens is 528 g/mol. The molecule has 2 amide bonds. The van der Waals surface area contributed by atoms with Crippen LogP contribution in [-0.4, -0.2) is 30.7 Å². The smallest absolute Gasteiger partial charge is 0.322 e. The highest BCUT2D eigenvalue weighted by atomic mass is 32.2. The predicted octanol–water partition coefficient (Wildman–Crippen LogP) is 7.67. The zero-order chi connectivity index (χ0) is 28.2. The van der Waals surface area contributed by atoms with Gasteiger partial charge in [-0.3, -0.25) is 9.69 Å². The van der Waals surface area contributed by atoms with E-state index in [0.717, 1.165) is 64.5 Å². The molecule has 7 rings (SSSR count). The number of rotatable bonds is 10. The Kier molecular flexibility index (Phi) is 8.38. The average molecular weight is 569 g/mol. The Labute approximate surface area is 248 Å². The Morgan fingerprint density at radius 1 is 0.854 bits per heavy atom. The third-order valence-corrected chi connectivity index (χ3v) is 10.1. The first-order valence-electron chi connectivity index (χ1n) is 15.1. The number of carbonyl (C=O) groups excluding carboxylic acids is 2. The summed E-state index contributed by atoms with van der Waals surface area (Å²) in [6, 6.07) is 26.8. The lowest BCUT2D eigenvalue weighted by Gasteiger charge is -2.57. The molecule has 5 nitrogen and oxygen atoms in total. The van der Waals surface area contributed by atoms with E-state index in [1.54, 1.807) is 11.8 Å². The number of hydrogen-bond acceptors (Lipinski definition) is 4. The van der Waals surface area contributed by atoms with Crippen LogP contribution in [0.3, 0.4) is 0 Å². The minimum Gasteiger partial charge on any atom is -0.466 e. The third kappa shape index (κ3) is 6.81. The number of benzene rings is 3. The molecule has 3 aromatic carbocycles. The van der Waals surface area contributed by atoms with Crippen LogP contribution in [-0.2, 0) is 22.4 Å². The van der Waals surface area contributed by atoms with Crippen molar-refractivity contribution < 1.29 is 14.3 Å². The van der Waals surface area contributed by atoms with Gasteiger partial charge in [-0.2, -0.15) is 0 Å². The lowest BCUT2D eigenvalue weighted by atomic mass is 9.53. The molecule has 4 bridgehead atoms. The fraction of sp³-hybridized carbons (Fsp3) is 0.429. The van der Waals surface area contributed by atoms with E-state index in [1.807, 2.05) is 48.2 Å². The summed E-state index contributed by atoms with van der Waals surface area (Å²) in [6.07, 6.45) is 8.57. The van der Waals surface area contributed by atoms with Crippen molar-refractivity contribution in [3.8, 4) is 0 Å². The summed E-state index contributed by atoms with van der Waals surface area (Å²) in [5, 5.41) is 3.60. The molecule has 4 saturated carbocycles. The fourth-order valence-corrected chi connectivity index (χ4v) is 8.57. The molecule has 3 aromatic rings. The topological polar surface area (TPSA) is 58.6 Å². The molecule has 0 saturated heterocycles. The number of ether oxygens (including phenoxy) is 1. The summed E-state index contributed by atoms with van der Waals surface area (Å²) in [7, 11) is 0. The molecule has 0 atom stereocenters. The third-order valence-electron chi connectivity index (χ3n) is 9.06. The summed E-state index contributed by atoms with van der Waals surface area (Å²) in [5.74, 6) is 2.14. The van der Waals surface area contributed by atoms with Crippen molar-refractivity contribution in [3.05, 3.63) is 90.0 Å². The van der Waals surface area contributed by atoms with E-state index in [-0.39, 0.29) is 24.0 Å². The average Bonchev–Trinajstić information content (AvgIpc) is 2.94. The highest BCUT2D eigenvalue weighted by Crippen LogP contribution is 2.55. The molecule has 0 heterocycles. The monoisotopic (exact) mass is 568 g/mol. The van der Waals surface area contributed by atoms with Gasteiger partial charge in [0.2, 0.25) is 0 Å². The summed E-state index contributed by atoms with van der Waals surface area (Å²) >= 11 is 1.66. The maximum absolute atomic E-state index is 14.1. The number of urea groups is 1. The number of hydrogen-bond donors (Lipinski definition) is 1. The Balaban J connectivity index is 1.18. The Morgan fingerprint density at radius 3 is 2.20 bits per heavy atom. The van der Waals surface area contributed by atoms with Gasteiger partial charge in [0.25, 0.3) is 0 Å². The van der Waals surface area contributed by atoms with Crippen LogP contribution in [0.15, 0.2) is 88.7 Å². The lowest BCUT2D eigenvalue weighted by Crippen LogP contribution is -2.62. The van der Waals surface area contributed by atoms with Crippen LogP contribution < -0.4 is 10.2 Å². The van der Waals surface area contributed by atoms with Gasteiger partial charge < -0.3 is 10.1 Å². The van der Waals surface area contributed by atoms with Crippen molar-refractivity contribution in [2.24, 2.45) is 17.8 Å². The number of nitrogens with one attached hydrogen (secondary N) is 1. The van der Waals surface area contributed by atoms with E-state index in [4.69, 9.17) is 4.74 Å². The molecule has 4 aliphatic carbocycles. The molecule has 214 valence electrons. The number of carbonyl (C=O) groups is 2. The summed E-state index contributed by atoms with van der Waals surface area (Å²) in [4.78, 5) is 30.0. The van der Waals surface area contributed by atoms with E-state index >= 15 is 0 Å². The van der Waals surface area contributed by atoms with Gasteiger partial charge >= 0.3 is 12.0 Å². The molecule has 0 spiro atoms. The van der Waals surface area contributed by atoms with E-state index in [0.29, 0.717) is 13.2 Å². The van der Waals surface area contributed by atoms with Crippen LogP contribution >= 0.6 is 11.8 Å². The highest BCUT2D eigenvalue weighted by Gasteiger charge is 2.51. The summed E-state index contributed by atoms with van der Waals surface area (Å²) in [6.45, 7) is 2.84. The highest BCUT2D eigenvalue weighted by molar-refractivity contribution is 7.99. The molecule has 4 fully saturated rings. The number of nitrogens with zero attached hydrogens (tertiary/aromatic N) is 1. The first kappa shape index (κ1) is 27.9. The lowest BCUT2D eigenvalue weighted by molar-refractivity contribution is -0.142. The molecular formula is C35H40N2O3S. The zero-order valence-electron chi connectivity index (χ0n) is 23.9. The standard InChI is InChI=1S/C35H40N2O3S/c1-2-40-33(38)20-26-11-13-31(14-12-26)41-32-10-6-9-30(21-32)37(16-15-25-7-4-3-5-8-25)34(39)36-35-22-27-17-28(23-35)19-29(18-27)24-35/h3-14,21,27-29H,2,15-20,22-24H2,1H3,(H,36,39). The van der Waals surface area contributed by atoms with Crippen molar-refractivity contribution in [1.82, 2.24) is 5.32 Å². The van der Waals surface area contributed by atoms with Crippen LogP contribution in [0.5, 0.6) is 0 Å². The van der Waals surface area contributed by atoms with Gasteiger partial charge in [0.05, 0.1) is 13.0 Å². The van der Waals surface area contributed by atoms with Crippen molar-refractivity contribution in [1.29, 1.82) is 0 Å². The molecule has 6 heteroatoms.